The standard InChI is InChI=1S/C21H35N5O3/c1-14(2)25(4)21(27)28-13-18(26(5)23)20(22)17-11-12-19(15(3)24-17)29-16-9-7-6-8-10-16/h11-12,14,16H,6-10,13,22-23H2,1-5H3/b20-18-. The highest BCUT2D eigenvalue weighted by Gasteiger charge is 2.19. The van der Waals surface area contributed by atoms with Gasteiger partial charge in [-0.3, -0.25) is 0 Å². The summed E-state index contributed by atoms with van der Waals surface area (Å²) < 4.78 is 11.5. The summed E-state index contributed by atoms with van der Waals surface area (Å²) in [6.45, 7) is 5.67. The van der Waals surface area contributed by atoms with Gasteiger partial charge < -0.3 is 25.1 Å². The summed E-state index contributed by atoms with van der Waals surface area (Å²) in [5, 5.41) is 1.35. The number of hydrogen-bond donors (Lipinski definition) is 2. The Labute approximate surface area is 173 Å². The number of ether oxygens (including phenoxy) is 2. The molecule has 1 heterocycles. The number of rotatable bonds is 7. The number of hydrogen-bond acceptors (Lipinski definition) is 7. The van der Waals surface area contributed by atoms with Crippen LogP contribution in [-0.2, 0) is 4.74 Å². The van der Waals surface area contributed by atoms with E-state index in [1.807, 2.05) is 32.9 Å². The van der Waals surface area contributed by atoms with Crippen molar-refractivity contribution in [1.82, 2.24) is 14.9 Å². The van der Waals surface area contributed by atoms with Crippen molar-refractivity contribution in [2.75, 3.05) is 20.7 Å². The minimum Gasteiger partial charge on any atom is -0.489 e. The molecular formula is C21H35N5O3. The van der Waals surface area contributed by atoms with Crippen LogP contribution in [-0.4, -0.2) is 53.8 Å². The molecule has 29 heavy (non-hydrogen) atoms. The van der Waals surface area contributed by atoms with E-state index < -0.39 is 6.09 Å². The van der Waals surface area contributed by atoms with Crippen molar-refractivity contribution in [2.45, 2.75) is 65.0 Å². The van der Waals surface area contributed by atoms with Crippen LogP contribution in [0.5, 0.6) is 5.75 Å². The molecule has 8 nitrogen and oxygen atoms in total. The third kappa shape index (κ3) is 6.25. The van der Waals surface area contributed by atoms with Crippen molar-refractivity contribution in [3.8, 4) is 5.75 Å². The van der Waals surface area contributed by atoms with Gasteiger partial charge in [-0.25, -0.2) is 15.6 Å². The van der Waals surface area contributed by atoms with Crippen molar-refractivity contribution in [3.63, 3.8) is 0 Å². The maximum absolute atomic E-state index is 12.1. The van der Waals surface area contributed by atoms with Gasteiger partial charge >= 0.3 is 6.09 Å². The van der Waals surface area contributed by atoms with E-state index in [2.05, 4.69) is 4.98 Å². The summed E-state index contributed by atoms with van der Waals surface area (Å²) in [5.41, 5.74) is 8.49. The number of likely N-dealkylation sites (N-methyl/N-ethyl adjacent to an activating group) is 1. The number of nitrogens with zero attached hydrogens (tertiary/aromatic N) is 3. The average Bonchev–Trinajstić information content (AvgIpc) is 2.69. The summed E-state index contributed by atoms with van der Waals surface area (Å²) in [5.74, 6) is 6.71. The van der Waals surface area contributed by atoms with Gasteiger partial charge in [0, 0.05) is 20.1 Å². The Morgan fingerprint density at radius 2 is 1.90 bits per heavy atom. The van der Waals surface area contributed by atoms with Gasteiger partial charge in [0.1, 0.15) is 12.4 Å². The Morgan fingerprint density at radius 3 is 2.45 bits per heavy atom. The summed E-state index contributed by atoms with van der Waals surface area (Å²) >= 11 is 0. The molecule has 0 aliphatic heterocycles. The van der Waals surface area contributed by atoms with E-state index >= 15 is 0 Å². The fourth-order valence-electron chi connectivity index (χ4n) is 3.15. The molecule has 0 saturated heterocycles. The highest BCUT2D eigenvalue weighted by atomic mass is 16.6. The van der Waals surface area contributed by atoms with Crippen LogP contribution in [0.1, 0.15) is 57.3 Å². The van der Waals surface area contributed by atoms with E-state index in [1.54, 1.807) is 14.1 Å². The summed E-state index contributed by atoms with van der Waals surface area (Å²) in [4.78, 5) is 18.2. The van der Waals surface area contributed by atoms with Gasteiger partial charge in [0.25, 0.3) is 0 Å². The first-order valence-electron chi connectivity index (χ1n) is 10.2. The van der Waals surface area contributed by atoms with Crippen molar-refractivity contribution < 1.29 is 14.3 Å². The first-order valence-corrected chi connectivity index (χ1v) is 10.2. The van der Waals surface area contributed by atoms with Gasteiger partial charge in [-0.05, 0) is 58.6 Å². The van der Waals surface area contributed by atoms with Crippen molar-refractivity contribution >= 4 is 11.8 Å². The van der Waals surface area contributed by atoms with E-state index in [4.69, 9.17) is 21.1 Å². The predicted molar refractivity (Wildman–Crippen MR) is 114 cm³/mol. The highest BCUT2D eigenvalue weighted by molar-refractivity contribution is 5.69. The van der Waals surface area contributed by atoms with Crippen LogP contribution in [0.15, 0.2) is 17.8 Å². The number of nitrogens with two attached hydrogens (primary N) is 2. The molecule has 0 spiro atoms. The lowest BCUT2D eigenvalue weighted by Crippen LogP contribution is -2.36. The van der Waals surface area contributed by atoms with E-state index in [0.717, 1.165) is 24.3 Å². The zero-order chi connectivity index (χ0) is 21.6. The van der Waals surface area contributed by atoms with Crippen molar-refractivity contribution in [1.29, 1.82) is 0 Å². The highest BCUT2D eigenvalue weighted by Crippen LogP contribution is 2.26. The zero-order valence-electron chi connectivity index (χ0n) is 18.3. The maximum Gasteiger partial charge on any atom is 0.410 e. The monoisotopic (exact) mass is 405 g/mol. The molecule has 0 aromatic carbocycles. The van der Waals surface area contributed by atoms with Crippen LogP contribution in [0.2, 0.25) is 0 Å². The number of carbonyl (C=O) groups excluding carboxylic acids is 1. The second-order valence-electron chi connectivity index (χ2n) is 7.89. The minimum absolute atomic E-state index is 0.0314. The van der Waals surface area contributed by atoms with E-state index in [9.17, 15) is 4.79 Å². The maximum atomic E-state index is 12.1. The second-order valence-corrected chi connectivity index (χ2v) is 7.89. The molecule has 1 aliphatic rings. The Kier molecular flexibility index (Phi) is 8.13. The third-order valence-corrected chi connectivity index (χ3v) is 5.29. The number of amides is 1. The van der Waals surface area contributed by atoms with Gasteiger partial charge in [0.2, 0.25) is 0 Å². The molecule has 0 atom stereocenters. The molecule has 1 fully saturated rings. The van der Waals surface area contributed by atoms with Crippen LogP contribution in [0.4, 0.5) is 4.79 Å². The fourth-order valence-corrected chi connectivity index (χ4v) is 3.15. The molecule has 1 aromatic rings. The molecule has 8 heteroatoms. The van der Waals surface area contributed by atoms with Crippen LogP contribution in [0, 0.1) is 6.92 Å². The van der Waals surface area contributed by atoms with Gasteiger partial charge in [0.15, 0.2) is 0 Å². The fraction of sp³-hybridized carbons (Fsp3) is 0.619. The van der Waals surface area contributed by atoms with Gasteiger partial charge in [-0.2, -0.15) is 0 Å². The van der Waals surface area contributed by atoms with Crippen LogP contribution >= 0.6 is 0 Å². The zero-order valence-corrected chi connectivity index (χ0v) is 18.3. The lowest BCUT2D eigenvalue weighted by Gasteiger charge is -2.24. The third-order valence-electron chi connectivity index (χ3n) is 5.29. The first-order chi connectivity index (χ1) is 13.7. The van der Waals surface area contributed by atoms with E-state index in [0.29, 0.717) is 17.1 Å². The Morgan fingerprint density at radius 1 is 1.24 bits per heavy atom. The van der Waals surface area contributed by atoms with Gasteiger partial charge in [-0.15, -0.1) is 0 Å². The van der Waals surface area contributed by atoms with E-state index in [-0.39, 0.29) is 18.8 Å². The molecular weight excluding hydrogens is 370 g/mol. The van der Waals surface area contributed by atoms with Crippen molar-refractivity contribution in [2.24, 2.45) is 11.6 Å². The van der Waals surface area contributed by atoms with Gasteiger partial charge in [-0.1, -0.05) is 6.42 Å². The quantitative estimate of drug-likeness (QED) is 0.530. The lowest BCUT2D eigenvalue weighted by molar-refractivity contribution is 0.104. The summed E-state index contributed by atoms with van der Waals surface area (Å²) in [7, 11) is 3.33. The molecule has 0 radical (unpaired) electrons. The van der Waals surface area contributed by atoms with Crippen molar-refractivity contribution in [3.05, 3.63) is 29.2 Å². The van der Waals surface area contributed by atoms with Crippen LogP contribution < -0.4 is 16.3 Å². The first kappa shape index (κ1) is 22.8. The smallest absolute Gasteiger partial charge is 0.410 e. The molecule has 1 saturated carbocycles. The van der Waals surface area contributed by atoms with Crippen LogP contribution in [0.3, 0.4) is 0 Å². The minimum atomic E-state index is -0.437. The molecule has 1 amide bonds. The molecule has 162 valence electrons. The number of aromatic nitrogens is 1. The topological polar surface area (TPSA) is 107 Å². The number of pyridine rings is 1. The molecule has 0 bridgehead atoms. The molecule has 1 aromatic heterocycles. The molecule has 2 rings (SSSR count). The molecule has 4 N–H and O–H groups in total. The Bertz CT molecular complexity index is 727. The second kappa shape index (κ2) is 10.3. The van der Waals surface area contributed by atoms with Crippen LogP contribution in [0.25, 0.3) is 5.70 Å². The largest absolute Gasteiger partial charge is 0.489 e. The lowest BCUT2D eigenvalue weighted by atomic mass is 9.98. The molecule has 0 unspecified atom stereocenters. The van der Waals surface area contributed by atoms with E-state index in [1.165, 1.54) is 29.2 Å². The Hall–Kier alpha value is -2.48. The number of hydrazine groups is 1. The normalized spacial score (nSPS) is 15.7. The van der Waals surface area contributed by atoms with Gasteiger partial charge in [0.05, 0.1) is 28.9 Å². The SMILES string of the molecule is Cc1nc(/C(N)=C(\COC(=O)N(C)C(C)C)N(C)N)ccc1OC1CCCCC1. The number of aryl methyl sites for hydroxylation is 1. The average molecular weight is 406 g/mol. The molecule has 1 aliphatic carbocycles. The predicted octanol–water partition coefficient (Wildman–Crippen LogP) is 3.01. The summed E-state index contributed by atoms with van der Waals surface area (Å²) in [6, 6.07) is 3.74. The Balaban J connectivity index is 2.14. The summed E-state index contributed by atoms with van der Waals surface area (Å²) in [6.07, 6.45) is 5.69. The number of carbonyl (C=O) groups is 1.